The summed E-state index contributed by atoms with van der Waals surface area (Å²) < 4.78 is 2.19. The van der Waals surface area contributed by atoms with E-state index in [-0.39, 0.29) is 0 Å². The van der Waals surface area contributed by atoms with Gasteiger partial charge in [-0.15, -0.1) is 0 Å². The highest BCUT2D eigenvalue weighted by Crippen LogP contribution is 2.26. The van der Waals surface area contributed by atoms with Crippen LogP contribution < -0.4 is 0 Å². The van der Waals surface area contributed by atoms with Crippen LogP contribution in [-0.4, -0.2) is 37.7 Å². The Morgan fingerprint density at radius 1 is 1.24 bits per heavy atom. The summed E-state index contributed by atoms with van der Waals surface area (Å²) in [7, 11) is 0. The average molecular weight is 356 g/mol. The molecule has 1 aliphatic heterocycles. The maximum absolute atomic E-state index is 6.00. The molecular weight excluding hydrogens is 334 g/mol. The van der Waals surface area contributed by atoms with Crippen LogP contribution in [0.25, 0.3) is 11.3 Å². The van der Waals surface area contributed by atoms with E-state index < -0.39 is 0 Å². The van der Waals surface area contributed by atoms with Crippen molar-refractivity contribution in [3.8, 4) is 11.3 Å². The molecule has 1 atom stereocenters. The Morgan fingerprint density at radius 2 is 2.12 bits per heavy atom. The van der Waals surface area contributed by atoms with Crippen LogP contribution in [0, 0.1) is 5.92 Å². The highest BCUT2D eigenvalue weighted by atomic mass is 35.5. The predicted octanol–water partition coefficient (Wildman–Crippen LogP) is 3.84. The van der Waals surface area contributed by atoms with Crippen molar-refractivity contribution in [1.82, 2.24) is 24.6 Å². The quantitative estimate of drug-likeness (QED) is 0.756. The number of aromatic amines is 1. The van der Waals surface area contributed by atoms with Crippen molar-refractivity contribution < 1.29 is 0 Å². The molecule has 1 aliphatic rings. The van der Waals surface area contributed by atoms with Gasteiger partial charge in [-0.3, -0.25) is 10.00 Å². The van der Waals surface area contributed by atoms with Gasteiger partial charge >= 0.3 is 0 Å². The minimum atomic E-state index is 0.675. The lowest BCUT2D eigenvalue weighted by molar-refractivity contribution is 0.156. The number of piperidine rings is 1. The van der Waals surface area contributed by atoms with Crippen LogP contribution in [0.2, 0.25) is 5.02 Å². The monoisotopic (exact) mass is 355 g/mol. The summed E-state index contributed by atoms with van der Waals surface area (Å²) in [6.45, 7) is 4.23. The van der Waals surface area contributed by atoms with Crippen molar-refractivity contribution >= 4 is 11.6 Å². The van der Waals surface area contributed by atoms with Crippen molar-refractivity contribution in [1.29, 1.82) is 0 Å². The SMILES string of the molecule is Clc1ccc(-c2[nH]ncc2CN2CCC[C@H](Cn3ccnc3)C2)cc1. The molecule has 0 radical (unpaired) electrons. The smallest absolute Gasteiger partial charge is 0.0946 e. The molecule has 1 N–H and O–H groups in total. The molecule has 3 aromatic rings. The van der Waals surface area contributed by atoms with Gasteiger partial charge in [0.1, 0.15) is 0 Å². The van der Waals surface area contributed by atoms with Crippen molar-refractivity contribution in [3.05, 3.63) is 59.8 Å². The summed E-state index contributed by atoms with van der Waals surface area (Å²) in [5.41, 5.74) is 3.46. The second-order valence-corrected chi connectivity index (χ2v) is 7.22. The number of likely N-dealkylation sites (tertiary alicyclic amines) is 1. The number of benzene rings is 1. The minimum absolute atomic E-state index is 0.675. The van der Waals surface area contributed by atoms with Gasteiger partial charge in [-0.1, -0.05) is 23.7 Å². The van der Waals surface area contributed by atoms with E-state index in [1.165, 1.54) is 18.4 Å². The van der Waals surface area contributed by atoms with Crippen LogP contribution in [0.1, 0.15) is 18.4 Å². The second-order valence-electron chi connectivity index (χ2n) is 6.78. The molecule has 25 heavy (non-hydrogen) atoms. The third-order valence-corrected chi connectivity index (χ3v) is 5.13. The molecule has 1 aromatic carbocycles. The van der Waals surface area contributed by atoms with Crippen molar-refractivity contribution in [2.75, 3.05) is 13.1 Å². The summed E-state index contributed by atoms with van der Waals surface area (Å²) in [5.74, 6) is 0.675. The maximum Gasteiger partial charge on any atom is 0.0946 e. The van der Waals surface area contributed by atoms with Gasteiger partial charge in [0.15, 0.2) is 0 Å². The Labute approximate surface area is 152 Å². The molecule has 2 aromatic heterocycles. The number of nitrogens with one attached hydrogen (secondary N) is 1. The van der Waals surface area contributed by atoms with E-state index in [1.54, 1.807) is 0 Å². The second kappa shape index (κ2) is 7.42. The molecular formula is C19H22ClN5. The number of imidazole rings is 1. The fourth-order valence-corrected chi connectivity index (χ4v) is 3.80. The molecule has 0 aliphatic carbocycles. The van der Waals surface area contributed by atoms with Gasteiger partial charge in [0.05, 0.1) is 18.2 Å². The van der Waals surface area contributed by atoms with Gasteiger partial charge in [-0.2, -0.15) is 5.10 Å². The number of H-pyrrole nitrogens is 1. The lowest BCUT2D eigenvalue weighted by Crippen LogP contribution is -2.36. The zero-order chi connectivity index (χ0) is 17.1. The molecule has 1 fully saturated rings. The van der Waals surface area contributed by atoms with Crippen LogP contribution in [0.3, 0.4) is 0 Å². The lowest BCUT2D eigenvalue weighted by Gasteiger charge is -2.32. The molecule has 1 saturated heterocycles. The van der Waals surface area contributed by atoms with E-state index in [2.05, 4.69) is 24.6 Å². The first kappa shape index (κ1) is 16.4. The van der Waals surface area contributed by atoms with E-state index in [1.807, 2.05) is 49.2 Å². The van der Waals surface area contributed by atoms with Gasteiger partial charge in [0, 0.05) is 42.6 Å². The van der Waals surface area contributed by atoms with Gasteiger partial charge < -0.3 is 4.57 Å². The number of halogens is 1. The third kappa shape index (κ3) is 3.94. The van der Waals surface area contributed by atoms with E-state index in [9.17, 15) is 0 Å². The Kier molecular flexibility index (Phi) is 4.85. The summed E-state index contributed by atoms with van der Waals surface area (Å²) >= 11 is 6.00. The third-order valence-electron chi connectivity index (χ3n) is 4.88. The molecule has 3 heterocycles. The molecule has 130 valence electrons. The Balaban J connectivity index is 1.43. The first-order chi connectivity index (χ1) is 12.3. The normalized spacial score (nSPS) is 18.5. The molecule has 0 bridgehead atoms. The number of hydrogen-bond donors (Lipinski definition) is 1. The van der Waals surface area contributed by atoms with Gasteiger partial charge in [0.2, 0.25) is 0 Å². The summed E-state index contributed by atoms with van der Waals surface area (Å²) in [6.07, 6.45) is 10.3. The van der Waals surface area contributed by atoms with E-state index in [4.69, 9.17) is 11.6 Å². The maximum atomic E-state index is 6.00. The van der Waals surface area contributed by atoms with Crippen LogP contribution in [0.15, 0.2) is 49.2 Å². The molecule has 6 heteroatoms. The summed E-state index contributed by atoms with van der Waals surface area (Å²) in [6, 6.07) is 7.92. The topological polar surface area (TPSA) is 49.7 Å². The zero-order valence-corrected chi connectivity index (χ0v) is 14.9. The van der Waals surface area contributed by atoms with E-state index in [0.717, 1.165) is 42.5 Å². The Hall–Kier alpha value is -2.11. The van der Waals surface area contributed by atoms with Crippen molar-refractivity contribution in [2.24, 2.45) is 5.92 Å². The summed E-state index contributed by atoms with van der Waals surface area (Å²) in [4.78, 5) is 6.68. The van der Waals surface area contributed by atoms with Crippen molar-refractivity contribution in [2.45, 2.75) is 25.9 Å². The molecule has 0 amide bonds. The first-order valence-electron chi connectivity index (χ1n) is 8.74. The molecule has 0 saturated carbocycles. The number of hydrogen-bond acceptors (Lipinski definition) is 3. The van der Waals surface area contributed by atoms with Crippen molar-refractivity contribution in [3.63, 3.8) is 0 Å². The Bertz CT molecular complexity index is 794. The van der Waals surface area contributed by atoms with Crippen LogP contribution in [0.4, 0.5) is 0 Å². The fraction of sp³-hybridized carbons (Fsp3) is 0.368. The number of rotatable bonds is 5. The highest BCUT2D eigenvalue weighted by molar-refractivity contribution is 6.30. The fourth-order valence-electron chi connectivity index (χ4n) is 3.68. The number of aromatic nitrogens is 4. The summed E-state index contributed by atoms with van der Waals surface area (Å²) in [5, 5.41) is 8.17. The van der Waals surface area contributed by atoms with E-state index in [0.29, 0.717) is 5.92 Å². The number of nitrogens with zero attached hydrogens (tertiary/aromatic N) is 4. The highest BCUT2D eigenvalue weighted by Gasteiger charge is 2.21. The van der Waals surface area contributed by atoms with Crippen LogP contribution in [-0.2, 0) is 13.1 Å². The molecule has 0 spiro atoms. The average Bonchev–Trinajstić information content (AvgIpc) is 3.28. The zero-order valence-electron chi connectivity index (χ0n) is 14.1. The van der Waals surface area contributed by atoms with E-state index >= 15 is 0 Å². The Morgan fingerprint density at radius 3 is 2.92 bits per heavy atom. The van der Waals surface area contributed by atoms with Gasteiger partial charge in [0.25, 0.3) is 0 Å². The molecule has 4 rings (SSSR count). The standard InChI is InChI=1S/C19H22ClN5/c20-18-5-3-16(4-6-18)19-17(10-22-23-19)13-24-8-1-2-15(11-24)12-25-9-7-21-14-25/h3-7,9-10,14-15H,1-2,8,11-13H2,(H,22,23)/t15-/m0/s1. The lowest BCUT2D eigenvalue weighted by atomic mass is 9.97. The first-order valence-corrected chi connectivity index (χ1v) is 9.12. The predicted molar refractivity (Wildman–Crippen MR) is 99.3 cm³/mol. The van der Waals surface area contributed by atoms with Crippen LogP contribution >= 0.6 is 11.6 Å². The molecule has 0 unspecified atom stereocenters. The van der Waals surface area contributed by atoms with Crippen LogP contribution in [0.5, 0.6) is 0 Å². The largest absolute Gasteiger partial charge is 0.337 e. The van der Waals surface area contributed by atoms with Gasteiger partial charge in [-0.05, 0) is 43.0 Å². The minimum Gasteiger partial charge on any atom is -0.337 e. The molecule has 5 nitrogen and oxygen atoms in total. The van der Waals surface area contributed by atoms with Gasteiger partial charge in [-0.25, -0.2) is 4.98 Å².